The van der Waals surface area contributed by atoms with E-state index in [1.54, 1.807) is 30.3 Å². The quantitative estimate of drug-likeness (QED) is 0.710. The van der Waals surface area contributed by atoms with Gasteiger partial charge < -0.3 is 10.6 Å². The Hall–Kier alpha value is -3.14. The van der Waals surface area contributed by atoms with Crippen molar-refractivity contribution in [1.29, 1.82) is 0 Å². The first kappa shape index (κ1) is 13.8. The van der Waals surface area contributed by atoms with E-state index in [2.05, 4.69) is 10.6 Å². The Labute approximate surface area is 127 Å². The van der Waals surface area contributed by atoms with Crippen LogP contribution in [0.15, 0.2) is 72.8 Å². The zero-order chi connectivity index (χ0) is 15.4. The number of benzene rings is 3. The van der Waals surface area contributed by atoms with Gasteiger partial charge in [-0.2, -0.15) is 0 Å². The van der Waals surface area contributed by atoms with Crippen LogP contribution in [0.25, 0.3) is 10.8 Å². The van der Waals surface area contributed by atoms with Gasteiger partial charge >= 0.3 is 11.8 Å². The summed E-state index contributed by atoms with van der Waals surface area (Å²) in [7, 11) is 0. The molecule has 0 radical (unpaired) electrons. The maximum Gasteiger partial charge on any atom is 0.314 e. The maximum absolute atomic E-state index is 11.9. The fraction of sp³-hybridized carbons (Fsp3) is 0. The third-order valence-corrected chi connectivity index (χ3v) is 3.25. The average molecular weight is 290 g/mol. The summed E-state index contributed by atoms with van der Waals surface area (Å²) in [5.74, 6) is -1.39. The summed E-state index contributed by atoms with van der Waals surface area (Å²) in [5, 5.41) is 7.23. The molecule has 2 amide bonds. The Morgan fingerprint density at radius 1 is 0.591 bits per heavy atom. The number of hydrogen-bond acceptors (Lipinski definition) is 2. The van der Waals surface area contributed by atoms with Crippen LogP contribution < -0.4 is 10.6 Å². The van der Waals surface area contributed by atoms with Gasteiger partial charge in [0.05, 0.1) is 0 Å². The molecule has 3 aromatic carbocycles. The lowest BCUT2D eigenvalue weighted by Crippen LogP contribution is -2.29. The minimum Gasteiger partial charge on any atom is -0.318 e. The molecule has 0 fully saturated rings. The molecule has 0 heterocycles. The predicted molar refractivity (Wildman–Crippen MR) is 87.6 cm³/mol. The topological polar surface area (TPSA) is 58.2 Å². The van der Waals surface area contributed by atoms with E-state index >= 15 is 0 Å². The molecule has 0 saturated carbocycles. The van der Waals surface area contributed by atoms with E-state index in [0.717, 1.165) is 10.8 Å². The van der Waals surface area contributed by atoms with Gasteiger partial charge in [-0.3, -0.25) is 9.59 Å². The maximum atomic E-state index is 11.9. The summed E-state index contributed by atoms with van der Waals surface area (Å²) in [6.45, 7) is 0. The molecule has 0 spiro atoms. The van der Waals surface area contributed by atoms with Crippen molar-refractivity contribution >= 4 is 34.0 Å². The molecule has 0 atom stereocenters. The number of fused-ring (bicyclic) bond motifs is 1. The molecule has 0 aliphatic heterocycles. The van der Waals surface area contributed by atoms with E-state index in [1.165, 1.54) is 0 Å². The van der Waals surface area contributed by atoms with Crippen molar-refractivity contribution in [3.8, 4) is 0 Å². The first-order valence-corrected chi connectivity index (χ1v) is 6.88. The van der Waals surface area contributed by atoms with Gasteiger partial charge in [0.1, 0.15) is 0 Å². The fourth-order valence-electron chi connectivity index (χ4n) is 2.16. The van der Waals surface area contributed by atoms with Crippen molar-refractivity contribution in [2.75, 3.05) is 10.6 Å². The number of nitrogens with one attached hydrogen (secondary N) is 2. The molecular formula is C18H14N2O2. The van der Waals surface area contributed by atoms with Crippen molar-refractivity contribution in [2.24, 2.45) is 0 Å². The monoisotopic (exact) mass is 290 g/mol. The Balaban J connectivity index is 1.71. The lowest BCUT2D eigenvalue weighted by molar-refractivity contribution is -0.132. The first-order valence-electron chi connectivity index (χ1n) is 6.88. The van der Waals surface area contributed by atoms with Crippen molar-refractivity contribution < 1.29 is 9.59 Å². The number of anilines is 2. The Kier molecular flexibility index (Phi) is 3.83. The lowest BCUT2D eigenvalue weighted by Gasteiger charge is -2.07. The largest absolute Gasteiger partial charge is 0.318 e. The summed E-state index contributed by atoms with van der Waals surface area (Å²) in [4.78, 5) is 23.8. The van der Waals surface area contributed by atoms with Gasteiger partial charge in [-0.1, -0.05) is 48.5 Å². The van der Waals surface area contributed by atoms with Gasteiger partial charge in [-0.25, -0.2) is 0 Å². The molecule has 4 heteroatoms. The number of para-hydroxylation sites is 1. The van der Waals surface area contributed by atoms with Gasteiger partial charge in [0, 0.05) is 11.4 Å². The standard InChI is InChI=1S/C18H14N2O2/c21-17(19-15-8-2-1-3-9-15)18(22)20-16-11-10-13-6-4-5-7-14(13)12-16/h1-12H,(H,19,21)(H,20,22). The number of carbonyl (C=O) groups is 2. The van der Waals surface area contributed by atoms with Gasteiger partial charge in [0.25, 0.3) is 0 Å². The average Bonchev–Trinajstić information content (AvgIpc) is 2.55. The van der Waals surface area contributed by atoms with Gasteiger partial charge in [-0.15, -0.1) is 0 Å². The van der Waals surface area contributed by atoms with Crippen LogP contribution in [0.2, 0.25) is 0 Å². The Bertz CT molecular complexity index is 829. The Morgan fingerprint density at radius 3 is 1.91 bits per heavy atom. The molecular weight excluding hydrogens is 276 g/mol. The summed E-state index contributed by atoms with van der Waals surface area (Å²) in [6.07, 6.45) is 0. The lowest BCUT2D eigenvalue weighted by atomic mass is 10.1. The zero-order valence-electron chi connectivity index (χ0n) is 11.7. The third-order valence-electron chi connectivity index (χ3n) is 3.25. The van der Waals surface area contributed by atoms with E-state index in [4.69, 9.17) is 0 Å². The second-order valence-corrected chi connectivity index (χ2v) is 4.84. The first-order chi connectivity index (χ1) is 10.7. The molecule has 3 aromatic rings. The van der Waals surface area contributed by atoms with Crippen molar-refractivity contribution in [3.05, 3.63) is 72.8 Å². The van der Waals surface area contributed by atoms with Crippen LogP contribution in [0.3, 0.4) is 0 Å². The van der Waals surface area contributed by atoms with Crippen LogP contribution in [0.5, 0.6) is 0 Å². The number of rotatable bonds is 2. The summed E-state index contributed by atoms with van der Waals surface area (Å²) in [5.41, 5.74) is 1.17. The van der Waals surface area contributed by atoms with Crippen molar-refractivity contribution in [1.82, 2.24) is 0 Å². The molecule has 0 aromatic heterocycles. The van der Waals surface area contributed by atoms with Crippen LogP contribution in [-0.2, 0) is 9.59 Å². The van der Waals surface area contributed by atoms with Crippen LogP contribution in [0.1, 0.15) is 0 Å². The second kappa shape index (κ2) is 6.10. The van der Waals surface area contributed by atoms with Gasteiger partial charge in [-0.05, 0) is 35.0 Å². The summed E-state index contributed by atoms with van der Waals surface area (Å²) in [6, 6.07) is 22.2. The van der Waals surface area contributed by atoms with Crippen LogP contribution in [0.4, 0.5) is 11.4 Å². The Morgan fingerprint density at radius 2 is 1.18 bits per heavy atom. The smallest absolute Gasteiger partial charge is 0.314 e. The highest BCUT2D eigenvalue weighted by Gasteiger charge is 2.13. The van der Waals surface area contributed by atoms with E-state index in [0.29, 0.717) is 11.4 Å². The molecule has 108 valence electrons. The SMILES string of the molecule is O=C(Nc1ccccc1)C(=O)Nc1ccc2ccccc2c1. The molecule has 0 saturated heterocycles. The number of amides is 2. The summed E-state index contributed by atoms with van der Waals surface area (Å²) >= 11 is 0. The van der Waals surface area contributed by atoms with E-state index < -0.39 is 11.8 Å². The van der Waals surface area contributed by atoms with E-state index in [1.807, 2.05) is 42.5 Å². The molecule has 0 bridgehead atoms. The van der Waals surface area contributed by atoms with Crippen LogP contribution in [0, 0.1) is 0 Å². The second-order valence-electron chi connectivity index (χ2n) is 4.84. The zero-order valence-corrected chi connectivity index (χ0v) is 11.7. The number of carbonyl (C=O) groups excluding carboxylic acids is 2. The highest BCUT2D eigenvalue weighted by Crippen LogP contribution is 2.18. The molecule has 0 aliphatic carbocycles. The van der Waals surface area contributed by atoms with Crippen LogP contribution >= 0.6 is 0 Å². The van der Waals surface area contributed by atoms with Gasteiger partial charge in [0.2, 0.25) is 0 Å². The molecule has 22 heavy (non-hydrogen) atoms. The van der Waals surface area contributed by atoms with E-state index in [9.17, 15) is 9.59 Å². The fourth-order valence-corrected chi connectivity index (χ4v) is 2.16. The highest BCUT2D eigenvalue weighted by molar-refractivity contribution is 6.43. The van der Waals surface area contributed by atoms with Crippen molar-refractivity contribution in [2.45, 2.75) is 0 Å². The highest BCUT2D eigenvalue weighted by atomic mass is 16.2. The summed E-state index contributed by atoms with van der Waals surface area (Å²) < 4.78 is 0. The molecule has 2 N–H and O–H groups in total. The minimum atomic E-state index is -0.695. The minimum absolute atomic E-state index is 0.584. The molecule has 3 rings (SSSR count). The number of hydrogen-bond donors (Lipinski definition) is 2. The van der Waals surface area contributed by atoms with E-state index in [-0.39, 0.29) is 0 Å². The predicted octanol–water partition coefficient (Wildman–Crippen LogP) is 3.42. The molecule has 0 aliphatic rings. The molecule has 0 unspecified atom stereocenters. The third kappa shape index (κ3) is 3.12. The van der Waals surface area contributed by atoms with Gasteiger partial charge in [0.15, 0.2) is 0 Å². The van der Waals surface area contributed by atoms with Crippen LogP contribution in [-0.4, -0.2) is 11.8 Å². The van der Waals surface area contributed by atoms with Crippen molar-refractivity contribution in [3.63, 3.8) is 0 Å². The normalized spacial score (nSPS) is 10.2. The molecule has 4 nitrogen and oxygen atoms in total.